The maximum absolute atomic E-state index is 12.3. The molecule has 146 valence electrons. The molecule has 1 fully saturated rings. The van der Waals surface area contributed by atoms with Gasteiger partial charge in [0, 0.05) is 23.8 Å². The van der Waals surface area contributed by atoms with E-state index in [-0.39, 0.29) is 11.6 Å². The van der Waals surface area contributed by atoms with Crippen LogP contribution in [0.4, 0.5) is 11.4 Å². The van der Waals surface area contributed by atoms with Gasteiger partial charge in [-0.25, -0.2) is 14.8 Å². The maximum Gasteiger partial charge on any atom is 0.356 e. The van der Waals surface area contributed by atoms with Crippen molar-refractivity contribution in [3.63, 3.8) is 0 Å². The number of piperidine rings is 1. The van der Waals surface area contributed by atoms with Gasteiger partial charge in [-0.3, -0.25) is 14.5 Å². The van der Waals surface area contributed by atoms with Crippen LogP contribution >= 0.6 is 0 Å². The van der Waals surface area contributed by atoms with Gasteiger partial charge in [-0.15, -0.1) is 0 Å². The molecule has 9 nitrogen and oxygen atoms in total. The van der Waals surface area contributed by atoms with Crippen LogP contribution in [0, 0.1) is 0 Å². The third-order valence-corrected chi connectivity index (χ3v) is 4.36. The molecule has 2 amide bonds. The zero-order valence-electron chi connectivity index (χ0n) is 15.2. The number of likely N-dealkylation sites (tertiary alicyclic amines) is 1. The Labute approximate surface area is 161 Å². The largest absolute Gasteiger partial charge is 0.476 e. The first-order chi connectivity index (χ1) is 13.5. The second kappa shape index (κ2) is 9.05. The molecule has 0 aliphatic carbocycles. The summed E-state index contributed by atoms with van der Waals surface area (Å²) < 4.78 is 0. The molecule has 1 aliphatic heterocycles. The predicted molar refractivity (Wildman–Crippen MR) is 102 cm³/mol. The molecule has 1 aliphatic rings. The molecule has 9 heteroatoms. The van der Waals surface area contributed by atoms with Crippen LogP contribution in [0.3, 0.4) is 0 Å². The van der Waals surface area contributed by atoms with E-state index in [9.17, 15) is 14.4 Å². The van der Waals surface area contributed by atoms with E-state index >= 15 is 0 Å². The van der Waals surface area contributed by atoms with Crippen LogP contribution in [0.1, 0.15) is 40.2 Å². The standard InChI is InChI=1S/C19H21N5O4/c25-15(12-24-10-2-1-3-11-24)22-13-4-6-14(7-5-13)23-18(26)16-17(19(27)28)21-9-8-20-16/h4-9H,1-3,10-12H2,(H,22,25)(H,23,26)(H,27,28). The molecule has 2 heterocycles. The topological polar surface area (TPSA) is 125 Å². The van der Waals surface area contributed by atoms with Crippen molar-refractivity contribution in [1.29, 1.82) is 0 Å². The Morgan fingerprint density at radius 3 is 2.07 bits per heavy atom. The van der Waals surface area contributed by atoms with Crippen LogP contribution in [0.25, 0.3) is 0 Å². The van der Waals surface area contributed by atoms with E-state index in [1.807, 2.05) is 0 Å². The molecule has 28 heavy (non-hydrogen) atoms. The number of rotatable bonds is 6. The normalized spacial score (nSPS) is 14.3. The SMILES string of the molecule is O=C(CN1CCCCC1)Nc1ccc(NC(=O)c2nccnc2C(=O)O)cc1. The molecular formula is C19H21N5O4. The fourth-order valence-corrected chi connectivity index (χ4v) is 3.01. The van der Waals surface area contributed by atoms with Crippen LogP contribution in [0.5, 0.6) is 0 Å². The van der Waals surface area contributed by atoms with Crippen LogP contribution in [0.15, 0.2) is 36.7 Å². The molecule has 0 atom stereocenters. The van der Waals surface area contributed by atoms with Gasteiger partial charge in [0.2, 0.25) is 5.91 Å². The summed E-state index contributed by atoms with van der Waals surface area (Å²) in [5, 5.41) is 14.5. The summed E-state index contributed by atoms with van der Waals surface area (Å²) in [6, 6.07) is 6.56. The van der Waals surface area contributed by atoms with E-state index in [4.69, 9.17) is 5.11 Å². The molecule has 1 aromatic heterocycles. The van der Waals surface area contributed by atoms with Gasteiger partial charge in [-0.1, -0.05) is 6.42 Å². The lowest BCUT2D eigenvalue weighted by atomic mass is 10.1. The molecule has 0 unspecified atom stereocenters. The number of carboxylic acid groups (broad SMARTS) is 1. The number of anilines is 2. The summed E-state index contributed by atoms with van der Waals surface area (Å²) in [6.07, 6.45) is 5.92. The van der Waals surface area contributed by atoms with Crippen molar-refractivity contribution in [3.8, 4) is 0 Å². The van der Waals surface area contributed by atoms with Crippen molar-refractivity contribution in [2.45, 2.75) is 19.3 Å². The molecule has 0 radical (unpaired) electrons. The van der Waals surface area contributed by atoms with Crippen LogP contribution in [-0.4, -0.2) is 57.4 Å². The molecule has 1 aromatic carbocycles. The van der Waals surface area contributed by atoms with Crippen molar-refractivity contribution in [2.24, 2.45) is 0 Å². The number of hydrogen-bond acceptors (Lipinski definition) is 6. The van der Waals surface area contributed by atoms with E-state index in [0.717, 1.165) is 25.9 Å². The smallest absolute Gasteiger partial charge is 0.356 e. The monoisotopic (exact) mass is 383 g/mol. The number of amides is 2. The maximum atomic E-state index is 12.3. The van der Waals surface area contributed by atoms with Gasteiger partial charge in [0.25, 0.3) is 5.91 Å². The second-order valence-electron chi connectivity index (χ2n) is 6.48. The molecular weight excluding hydrogens is 362 g/mol. The lowest BCUT2D eigenvalue weighted by Gasteiger charge is -2.25. The molecule has 0 bridgehead atoms. The van der Waals surface area contributed by atoms with Crippen molar-refractivity contribution < 1.29 is 19.5 Å². The van der Waals surface area contributed by atoms with Crippen LogP contribution in [0.2, 0.25) is 0 Å². The third kappa shape index (κ3) is 5.10. The number of carbonyl (C=O) groups excluding carboxylic acids is 2. The summed E-state index contributed by atoms with van der Waals surface area (Å²) >= 11 is 0. The van der Waals surface area contributed by atoms with E-state index in [1.54, 1.807) is 24.3 Å². The Morgan fingerprint density at radius 1 is 0.893 bits per heavy atom. The Balaban J connectivity index is 1.57. The molecule has 3 N–H and O–H groups in total. The minimum Gasteiger partial charge on any atom is -0.476 e. The van der Waals surface area contributed by atoms with Gasteiger partial charge < -0.3 is 15.7 Å². The number of hydrogen-bond donors (Lipinski definition) is 3. The summed E-state index contributed by atoms with van der Waals surface area (Å²) in [5.74, 6) is -2.08. The number of carboxylic acids is 1. The van der Waals surface area contributed by atoms with Crippen LogP contribution < -0.4 is 10.6 Å². The Hall–Kier alpha value is -3.33. The first-order valence-electron chi connectivity index (χ1n) is 9.01. The first kappa shape index (κ1) is 19.4. The highest BCUT2D eigenvalue weighted by Crippen LogP contribution is 2.15. The zero-order valence-corrected chi connectivity index (χ0v) is 15.2. The van der Waals surface area contributed by atoms with Gasteiger partial charge in [-0.2, -0.15) is 0 Å². The summed E-state index contributed by atoms with van der Waals surface area (Å²) in [6.45, 7) is 2.25. The van der Waals surface area contributed by atoms with Crippen molar-refractivity contribution >= 4 is 29.2 Å². The number of carbonyl (C=O) groups is 3. The second-order valence-corrected chi connectivity index (χ2v) is 6.48. The Morgan fingerprint density at radius 2 is 1.46 bits per heavy atom. The Kier molecular flexibility index (Phi) is 6.28. The first-order valence-corrected chi connectivity index (χ1v) is 9.01. The van der Waals surface area contributed by atoms with Crippen LogP contribution in [-0.2, 0) is 4.79 Å². The number of nitrogens with one attached hydrogen (secondary N) is 2. The Bertz CT molecular complexity index is 863. The van der Waals surface area contributed by atoms with E-state index in [2.05, 4.69) is 25.5 Å². The van der Waals surface area contributed by atoms with Gasteiger partial charge in [0.1, 0.15) is 0 Å². The predicted octanol–water partition coefficient (Wildman–Crippen LogP) is 1.85. The average Bonchev–Trinajstić information content (AvgIpc) is 2.70. The number of benzene rings is 1. The van der Waals surface area contributed by atoms with Gasteiger partial charge in [0.05, 0.1) is 6.54 Å². The third-order valence-electron chi connectivity index (χ3n) is 4.36. The lowest BCUT2D eigenvalue weighted by Crippen LogP contribution is -2.36. The van der Waals surface area contributed by atoms with E-state index < -0.39 is 17.6 Å². The number of nitrogens with zero attached hydrogens (tertiary/aromatic N) is 3. The van der Waals surface area contributed by atoms with Gasteiger partial charge in [-0.05, 0) is 50.2 Å². The van der Waals surface area contributed by atoms with Crippen molar-refractivity contribution in [3.05, 3.63) is 48.0 Å². The van der Waals surface area contributed by atoms with E-state index in [1.165, 1.54) is 18.8 Å². The fourth-order valence-electron chi connectivity index (χ4n) is 3.01. The summed E-state index contributed by atoms with van der Waals surface area (Å²) in [5.41, 5.74) is 0.377. The quantitative estimate of drug-likeness (QED) is 0.695. The molecule has 0 spiro atoms. The van der Waals surface area contributed by atoms with Crippen molar-refractivity contribution in [1.82, 2.24) is 14.9 Å². The van der Waals surface area contributed by atoms with Crippen molar-refractivity contribution in [2.75, 3.05) is 30.3 Å². The highest BCUT2D eigenvalue weighted by Gasteiger charge is 2.19. The lowest BCUT2D eigenvalue weighted by molar-refractivity contribution is -0.117. The minimum absolute atomic E-state index is 0.0793. The van der Waals surface area contributed by atoms with Gasteiger partial charge >= 0.3 is 5.97 Å². The van der Waals surface area contributed by atoms with Gasteiger partial charge in [0.15, 0.2) is 11.4 Å². The highest BCUT2D eigenvalue weighted by atomic mass is 16.4. The average molecular weight is 383 g/mol. The van der Waals surface area contributed by atoms with E-state index in [0.29, 0.717) is 17.9 Å². The summed E-state index contributed by atoms with van der Waals surface area (Å²) in [7, 11) is 0. The minimum atomic E-state index is -1.33. The summed E-state index contributed by atoms with van der Waals surface area (Å²) in [4.78, 5) is 45.1. The highest BCUT2D eigenvalue weighted by molar-refractivity contribution is 6.08. The number of aromatic nitrogens is 2. The molecule has 0 saturated carbocycles. The molecule has 2 aromatic rings. The fraction of sp³-hybridized carbons (Fsp3) is 0.316. The molecule has 1 saturated heterocycles. The molecule has 3 rings (SSSR count). The number of aromatic carboxylic acids is 1. The zero-order chi connectivity index (χ0) is 19.9.